The van der Waals surface area contributed by atoms with Crippen molar-refractivity contribution in [3.63, 3.8) is 0 Å². The second-order valence-corrected chi connectivity index (χ2v) is 8.04. The molecule has 1 aliphatic rings. The molecule has 170 valence electrons. The fraction of sp³-hybridized carbons (Fsp3) is 0.375. The van der Waals surface area contributed by atoms with Gasteiger partial charge in [-0.2, -0.15) is 0 Å². The van der Waals surface area contributed by atoms with E-state index >= 15 is 0 Å². The Balaban J connectivity index is 1.66. The zero-order chi connectivity index (χ0) is 23.1. The van der Waals surface area contributed by atoms with Crippen LogP contribution in [0.4, 0.5) is 4.39 Å². The minimum Gasteiger partial charge on any atom is -0.484 e. The van der Waals surface area contributed by atoms with Gasteiger partial charge in [-0.15, -0.1) is 0 Å². The SMILES string of the molecule is CC(C)[C@H](NC(=O)COc1ccccc1)C(=O)OC(C(=O)NC1CC1)c1ccc(F)cc1. The average Bonchev–Trinajstić information content (AvgIpc) is 3.59. The van der Waals surface area contributed by atoms with E-state index in [0.717, 1.165) is 12.8 Å². The molecule has 0 saturated heterocycles. The van der Waals surface area contributed by atoms with Crippen LogP contribution in [-0.2, 0) is 19.1 Å². The number of para-hydroxylation sites is 1. The monoisotopic (exact) mass is 442 g/mol. The third-order valence-electron chi connectivity index (χ3n) is 4.92. The molecule has 0 radical (unpaired) electrons. The Bertz CT molecular complexity index is 929. The van der Waals surface area contributed by atoms with E-state index in [-0.39, 0.29) is 18.6 Å². The zero-order valence-corrected chi connectivity index (χ0v) is 18.0. The number of ether oxygens (including phenoxy) is 2. The van der Waals surface area contributed by atoms with Crippen LogP contribution in [0.5, 0.6) is 5.75 Å². The van der Waals surface area contributed by atoms with E-state index in [1.54, 1.807) is 38.1 Å². The van der Waals surface area contributed by atoms with E-state index in [1.807, 2.05) is 6.07 Å². The normalized spacial score (nSPS) is 14.9. The van der Waals surface area contributed by atoms with Crippen molar-refractivity contribution in [2.45, 2.75) is 44.9 Å². The van der Waals surface area contributed by atoms with Crippen molar-refractivity contribution in [3.05, 3.63) is 66.0 Å². The van der Waals surface area contributed by atoms with Crippen LogP contribution in [0.1, 0.15) is 38.4 Å². The van der Waals surface area contributed by atoms with Crippen LogP contribution < -0.4 is 15.4 Å². The predicted molar refractivity (Wildman–Crippen MR) is 115 cm³/mol. The molecule has 0 aliphatic heterocycles. The summed E-state index contributed by atoms with van der Waals surface area (Å²) in [7, 11) is 0. The second kappa shape index (κ2) is 10.7. The van der Waals surface area contributed by atoms with Crippen LogP contribution in [0.2, 0.25) is 0 Å². The number of benzene rings is 2. The van der Waals surface area contributed by atoms with E-state index in [4.69, 9.17) is 9.47 Å². The quantitative estimate of drug-likeness (QED) is 0.552. The molecule has 2 aromatic rings. The van der Waals surface area contributed by atoms with Gasteiger partial charge in [-0.1, -0.05) is 44.2 Å². The largest absolute Gasteiger partial charge is 0.484 e. The molecule has 8 heteroatoms. The first kappa shape index (κ1) is 23.2. The maximum atomic E-state index is 13.3. The lowest BCUT2D eigenvalue weighted by Gasteiger charge is -2.24. The Morgan fingerprint density at radius 1 is 1.03 bits per heavy atom. The molecule has 0 bridgehead atoms. The van der Waals surface area contributed by atoms with Gasteiger partial charge in [0.2, 0.25) is 6.10 Å². The fourth-order valence-corrected chi connectivity index (χ4v) is 2.98. The molecule has 1 unspecified atom stereocenters. The zero-order valence-electron chi connectivity index (χ0n) is 18.0. The lowest BCUT2D eigenvalue weighted by Crippen LogP contribution is -2.48. The second-order valence-electron chi connectivity index (χ2n) is 8.04. The molecule has 0 spiro atoms. The first-order valence-corrected chi connectivity index (χ1v) is 10.6. The van der Waals surface area contributed by atoms with E-state index in [9.17, 15) is 18.8 Å². The molecule has 3 rings (SSSR count). The van der Waals surface area contributed by atoms with Gasteiger partial charge in [0.15, 0.2) is 6.61 Å². The molecule has 0 aromatic heterocycles. The number of hydrogen-bond acceptors (Lipinski definition) is 5. The molecule has 1 fully saturated rings. The molecule has 2 amide bonds. The van der Waals surface area contributed by atoms with Crippen molar-refractivity contribution < 1.29 is 28.2 Å². The van der Waals surface area contributed by atoms with Crippen molar-refractivity contribution >= 4 is 17.8 Å². The van der Waals surface area contributed by atoms with E-state index < -0.39 is 35.7 Å². The molecule has 7 nitrogen and oxygen atoms in total. The number of carbonyl (C=O) groups excluding carboxylic acids is 3. The maximum absolute atomic E-state index is 13.3. The summed E-state index contributed by atoms with van der Waals surface area (Å²) in [5, 5.41) is 5.42. The lowest BCUT2D eigenvalue weighted by atomic mass is 10.0. The summed E-state index contributed by atoms with van der Waals surface area (Å²) in [5.74, 6) is -1.97. The van der Waals surface area contributed by atoms with Crippen LogP contribution in [0.15, 0.2) is 54.6 Å². The van der Waals surface area contributed by atoms with Crippen molar-refractivity contribution in [3.8, 4) is 5.75 Å². The summed E-state index contributed by atoms with van der Waals surface area (Å²) in [6.45, 7) is 3.23. The summed E-state index contributed by atoms with van der Waals surface area (Å²) >= 11 is 0. The minimum atomic E-state index is -1.25. The van der Waals surface area contributed by atoms with Gasteiger partial charge < -0.3 is 20.1 Å². The van der Waals surface area contributed by atoms with Gasteiger partial charge in [-0.25, -0.2) is 9.18 Å². The van der Waals surface area contributed by atoms with Gasteiger partial charge in [0.25, 0.3) is 11.8 Å². The highest BCUT2D eigenvalue weighted by Gasteiger charge is 2.34. The van der Waals surface area contributed by atoms with Gasteiger partial charge in [-0.3, -0.25) is 9.59 Å². The van der Waals surface area contributed by atoms with Crippen LogP contribution in [0.25, 0.3) is 0 Å². The van der Waals surface area contributed by atoms with Gasteiger partial charge in [0.05, 0.1) is 0 Å². The Hall–Kier alpha value is -3.42. The fourth-order valence-electron chi connectivity index (χ4n) is 2.98. The first-order valence-electron chi connectivity index (χ1n) is 10.6. The summed E-state index contributed by atoms with van der Waals surface area (Å²) in [5.41, 5.74) is 0.346. The summed E-state index contributed by atoms with van der Waals surface area (Å²) in [6.07, 6.45) is 0.478. The smallest absolute Gasteiger partial charge is 0.330 e. The predicted octanol–water partition coefficient (Wildman–Crippen LogP) is 2.91. The lowest BCUT2D eigenvalue weighted by molar-refractivity contribution is -0.160. The number of hydrogen-bond donors (Lipinski definition) is 2. The Morgan fingerprint density at radius 3 is 2.28 bits per heavy atom. The number of rotatable bonds is 10. The summed E-state index contributed by atoms with van der Waals surface area (Å²) < 4.78 is 24.3. The third kappa shape index (κ3) is 6.80. The standard InChI is InChI=1S/C24H27FN2O5/c1-15(2)21(27-20(28)14-31-19-6-4-3-5-7-19)24(30)32-22(23(29)26-18-12-13-18)16-8-10-17(25)11-9-16/h3-11,15,18,21-22H,12-14H2,1-2H3,(H,26,29)(H,27,28)/t21-,22?/m0/s1. The number of halogens is 1. The van der Waals surface area contributed by atoms with Crippen molar-refractivity contribution in [1.29, 1.82) is 0 Å². The van der Waals surface area contributed by atoms with Gasteiger partial charge in [0.1, 0.15) is 17.6 Å². The summed E-state index contributed by atoms with van der Waals surface area (Å²) in [4.78, 5) is 38.0. The topological polar surface area (TPSA) is 93.7 Å². The van der Waals surface area contributed by atoms with Gasteiger partial charge in [0, 0.05) is 11.6 Å². The maximum Gasteiger partial charge on any atom is 0.330 e. The molecule has 1 aliphatic carbocycles. The molecular formula is C24H27FN2O5. The molecule has 0 heterocycles. The number of esters is 1. The molecular weight excluding hydrogens is 415 g/mol. The van der Waals surface area contributed by atoms with Crippen LogP contribution >= 0.6 is 0 Å². The number of carbonyl (C=O) groups is 3. The minimum absolute atomic E-state index is 0.0554. The highest BCUT2D eigenvalue weighted by Crippen LogP contribution is 2.24. The molecule has 2 atom stereocenters. The van der Waals surface area contributed by atoms with Crippen LogP contribution in [0, 0.1) is 11.7 Å². The van der Waals surface area contributed by atoms with Crippen LogP contribution in [0.3, 0.4) is 0 Å². The molecule has 32 heavy (non-hydrogen) atoms. The highest BCUT2D eigenvalue weighted by atomic mass is 19.1. The Morgan fingerprint density at radius 2 is 1.69 bits per heavy atom. The van der Waals surface area contributed by atoms with E-state index in [0.29, 0.717) is 11.3 Å². The number of nitrogens with one attached hydrogen (secondary N) is 2. The first-order chi connectivity index (χ1) is 15.3. The van der Waals surface area contributed by atoms with Gasteiger partial charge in [-0.05, 0) is 43.0 Å². The van der Waals surface area contributed by atoms with Gasteiger partial charge >= 0.3 is 5.97 Å². The molecule has 1 saturated carbocycles. The van der Waals surface area contributed by atoms with Crippen molar-refractivity contribution in [2.24, 2.45) is 5.92 Å². The van der Waals surface area contributed by atoms with E-state index in [2.05, 4.69) is 10.6 Å². The highest BCUT2D eigenvalue weighted by molar-refractivity contribution is 5.89. The van der Waals surface area contributed by atoms with Crippen molar-refractivity contribution in [1.82, 2.24) is 10.6 Å². The van der Waals surface area contributed by atoms with Crippen LogP contribution in [-0.4, -0.2) is 36.5 Å². The average molecular weight is 442 g/mol. The Labute approximate surface area is 186 Å². The summed E-state index contributed by atoms with van der Waals surface area (Å²) in [6, 6.07) is 13.1. The third-order valence-corrected chi connectivity index (χ3v) is 4.92. The number of amides is 2. The van der Waals surface area contributed by atoms with E-state index in [1.165, 1.54) is 24.3 Å². The Kier molecular flexibility index (Phi) is 7.81. The van der Waals surface area contributed by atoms with Crippen molar-refractivity contribution in [2.75, 3.05) is 6.61 Å². The molecule has 2 N–H and O–H groups in total. The molecule has 2 aromatic carbocycles.